The molecule has 1 unspecified atom stereocenters. The third-order valence-electron chi connectivity index (χ3n) is 2.35. The predicted molar refractivity (Wildman–Crippen MR) is 78.9 cm³/mol. The minimum Gasteiger partial charge on any atom is -0.412 e. The summed E-state index contributed by atoms with van der Waals surface area (Å²) in [5.41, 5.74) is 1.32. The van der Waals surface area contributed by atoms with Crippen LogP contribution in [0.5, 0.6) is 0 Å². The molecule has 5 heteroatoms. The zero-order chi connectivity index (χ0) is 14.7. The summed E-state index contributed by atoms with van der Waals surface area (Å²) in [5.74, 6) is 0.354. The molecule has 0 aliphatic carbocycles. The third-order valence-corrected chi connectivity index (χ3v) is 3.87. The first-order valence-electron chi connectivity index (χ1n) is 6.81. The number of hydrogen-bond donors (Lipinski definition) is 0. The van der Waals surface area contributed by atoms with Crippen LogP contribution in [0.4, 0.5) is 0 Å². The molecule has 0 aliphatic heterocycles. The third kappa shape index (κ3) is 9.94. The zero-order valence-corrected chi connectivity index (χ0v) is 13.6. The van der Waals surface area contributed by atoms with Crippen LogP contribution in [0.2, 0.25) is 0 Å². The van der Waals surface area contributed by atoms with E-state index < -0.39 is 7.82 Å². The van der Waals surface area contributed by atoms with E-state index in [1.165, 1.54) is 11.8 Å². The van der Waals surface area contributed by atoms with Crippen molar-refractivity contribution in [3.05, 3.63) is 24.0 Å². The fraction of sp³-hybridized carbons (Fsp3) is 0.714. The number of phosphoric ester groups is 1. The molecule has 4 nitrogen and oxygen atoms in total. The lowest BCUT2D eigenvalue weighted by molar-refractivity contribution is 0.153. The SMILES string of the molecule is CCOP(=O)(OC=CC(C)CCC=C(C)C)OCC. The van der Waals surface area contributed by atoms with E-state index in [2.05, 4.69) is 26.8 Å². The van der Waals surface area contributed by atoms with Crippen LogP contribution in [0.1, 0.15) is 47.5 Å². The smallest absolute Gasteiger partial charge is 0.412 e. The molecule has 0 rings (SSSR count). The summed E-state index contributed by atoms with van der Waals surface area (Å²) in [4.78, 5) is 0. The molecule has 1 atom stereocenters. The van der Waals surface area contributed by atoms with E-state index in [9.17, 15) is 4.57 Å². The molecule has 0 aromatic heterocycles. The lowest BCUT2D eigenvalue weighted by atomic mass is 10.1. The van der Waals surface area contributed by atoms with Gasteiger partial charge in [0.2, 0.25) is 0 Å². The van der Waals surface area contributed by atoms with Gasteiger partial charge in [-0.15, -0.1) is 0 Å². The maximum atomic E-state index is 12.0. The molecule has 0 aliphatic rings. The van der Waals surface area contributed by atoms with Crippen molar-refractivity contribution >= 4 is 7.82 Å². The van der Waals surface area contributed by atoms with Gasteiger partial charge in [-0.2, -0.15) is 0 Å². The van der Waals surface area contributed by atoms with Gasteiger partial charge in [-0.05, 0) is 52.5 Å². The molecule has 19 heavy (non-hydrogen) atoms. The Morgan fingerprint density at radius 1 is 1.21 bits per heavy atom. The molecular weight excluding hydrogens is 263 g/mol. The quantitative estimate of drug-likeness (QED) is 0.320. The lowest BCUT2D eigenvalue weighted by Crippen LogP contribution is -1.97. The van der Waals surface area contributed by atoms with Crippen molar-refractivity contribution in [2.75, 3.05) is 13.2 Å². The van der Waals surface area contributed by atoms with E-state index in [-0.39, 0.29) is 0 Å². The largest absolute Gasteiger partial charge is 0.529 e. The average Bonchev–Trinajstić information content (AvgIpc) is 2.28. The highest BCUT2D eigenvalue weighted by molar-refractivity contribution is 7.48. The van der Waals surface area contributed by atoms with E-state index in [0.717, 1.165) is 12.8 Å². The minimum atomic E-state index is -3.42. The van der Waals surface area contributed by atoms with Crippen molar-refractivity contribution in [1.82, 2.24) is 0 Å². The van der Waals surface area contributed by atoms with Gasteiger partial charge in [0.05, 0.1) is 19.5 Å². The standard InChI is InChI=1S/C14H27O4P/c1-6-16-19(15,17-7-2)18-12-11-14(5)10-8-9-13(3)4/h9,11-12,14H,6-8,10H2,1-5H3. The van der Waals surface area contributed by atoms with Gasteiger partial charge in [0.25, 0.3) is 0 Å². The summed E-state index contributed by atoms with van der Waals surface area (Å²) in [7, 11) is -3.42. The van der Waals surface area contributed by atoms with Crippen LogP contribution < -0.4 is 0 Å². The van der Waals surface area contributed by atoms with Crippen molar-refractivity contribution in [2.24, 2.45) is 5.92 Å². The van der Waals surface area contributed by atoms with Gasteiger partial charge >= 0.3 is 7.82 Å². The Bertz CT molecular complexity index is 322. The number of hydrogen-bond acceptors (Lipinski definition) is 4. The average molecular weight is 290 g/mol. The Hall–Kier alpha value is -0.570. The fourth-order valence-corrected chi connectivity index (χ4v) is 2.44. The van der Waals surface area contributed by atoms with E-state index in [0.29, 0.717) is 19.1 Å². The van der Waals surface area contributed by atoms with Crippen LogP contribution in [-0.4, -0.2) is 13.2 Å². The molecule has 112 valence electrons. The summed E-state index contributed by atoms with van der Waals surface area (Å²) in [6.45, 7) is 10.4. The highest BCUT2D eigenvalue weighted by atomic mass is 31.2. The second-order valence-electron chi connectivity index (χ2n) is 4.55. The molecule has 0 heterocycles. The van der Waals surface area contributed by atoms with Crippen LogP contribution in [-0.2, 0) is 18.1 Å². The summed E-state index contributed by atoms with van der Waals surface area (Å²) < 4.78 is 27.1. The first-order valence-corrected chi connectivity index (χ1v) is 8.27. The Labute approximate surface area is 117 Å². The van der Waals surface area contributed by atoms with Gasteiger partial charge in [0.15, 0.2) is 0 Å². The number of allylic oxidation sites excluding steroid dienone is 3. The van der Waals surface area contributed by atoms with Gasteiger partial charge in [-0.25, -0.2) is 4.57 Å². The fourth-order valence-electron chi connectivity index (χ4n) is 1.39. The molecule has 0 amide bonds. The molecule has 0 saturated carbocycles. The normalized spacial score (nSPS) is 13.5. The molecular formula is C14H27O4P. The van der Waals surface area contributed by atoms with E-state index in [1.807, 2.05) is 6.08 Å². The van der Waals surface area contributed by atoms with Gasteiger partial charge in [-0.1, -0.05) is 18.6 Å². The Morgan fingerprint density at radius 3 is 2.26 bits per heavy atom. The summed E-state index contributed by atoms with van der Waals surface area (Å²) in [5, 5.41) is 0. The maximum absolute atomic E-state index is 12.0. The van der Waals surface area contributed by atoms with Crippen molar-refractivity contribution in [3.8, 4) is 0 Å². The molecule has 0 fully saturated rings. The van der Waals surface area contributed by atoms with Crippen molar-refractivity contribution in [1.29, 1.82) is 0 Å². The molecule has 0 radical (unpaired) electrons. The molecule has 0 aromatic rings. The van der Waals surface area contributed by atoms with Gasteiger partial charge < -0.3 is 4.52 Å². The van der Waals surface area contributed by atoms with E-state index >= 15 is 0 Å². The lowest BCUT2D eigenvalue weighted by Gasteiger charge is -2.14. The van der Waals surface area contributed by atoms with Crippen LogP contribution >= 0.6 is 7.82 Å². The van der Waals surface area contributed by atoms with Crippen LogP contribution in [0.3, 0.4) is 0 Å². The molecule has 0 bridgehead atoms. The first kappa shape index (κ1) is 18.4. The van der Waals surface area contributed by atoms with Gasteiger partial charge in [-0.3, -0.25) is 9.05 Å². The summed E-state index contributed by atoms with van der Waals surface area (Å²) in [6.07, 6.45) is 7.57. The highest BCUT2D eigenvalue weighted by Crippen LogP contribution is 2.49. The topological polar surface area (TPSA) is 44.8 Å². The monoisotopic (exact) mass is 290 g/mol. The first-order chi connectivity index (χ1) is 8.93. The zero-order valence-electron chi connectivity index (χ0n) is 12.7. The number of rotatable bonds is 10. The highest BCUT2D eigenvalue weighted by Gasteiger charge is 2.24. The van der Waals surface area contributed by atoms with Crippen LogP contribution in [0.15, 0.2) is 24.0 Å². The van der Waals surface area contributed by atoms with Crippen molar-refractivity contribution < 1.29 is 18.1 Å². The van der Waals surface area contributed by atoms with Crippen LogP contribution in [0, 0.1) is 5.92 Å². The molecule has 0 saturated heterocycles. The summed E-state index contributed by atoms with van der Waals surface area (Å²) in [6, 6.07) is 0. The Kier molecular flexibility index (Phi) is 9.94. The second kappa shape index (κ2) is 10.2. The second-order valence-corrected chi connectivity index (χ2v) is 6.17. The minimum absolute atomic E-state index is 0.293. The van der Waals surface area contributed by atoms with Gasteiger partial charge in [0.1, 0.15) is 0 Å². The Morgan fingerprint density at radius 2 is 1.79 bits per heavy atom. The molecule has 0 N–H and O–H groups in total. The van der Waals surface area contributed by atoms with Crippen molar-refractivity contribution in [2.45, 2.75) is 47.5 Å². The molecule has 0 spiro atoms. The molecule has 0 aromatic carbocycles. The van der Waals surface area contributed by atoms with E-state index in [1.54, 1.807) is 13.8 Å². The van der Waals surface area contributed by atoms with E-state index in [4.69, 9.17) is 13.6 Å². The van der Waals surface area contributed by atoms with Crippen LogP contribution in [0.25, 0.3) is 0 Å². The Balaban J connectivity index is 4.16. The predicted octanol–water partition coefficient (Wildman–Crippen LogP) is 5.08. The van der Waals surface area contributed by atoms with Crippen molar-refractivity contribution in [3.63, 3.8) is 0 Å². The number of phosphoric acid groups is 1. The summed E-state index contributed by atoms with van der Waals surface area (Å²) >= 11 is 0. The van der Waals surface area contributed by atoms with Gasteiger partial charge in [0, 0.05) is 0 Å². The maximum Gasteiger partial charge on any atom is 0.529 e.